The third-order valence-electron chi connectivity index (χ3n) is 2.04. The molecule has 94 valence electrons. The van der Waals surface area contributed by atoms with Crippen molar-refractivity contribution in [1.29, 1.82) is 0 Å². The molecule has 7 heteroatoms. The summed E-state index contributed by atoms with van der Waals surface area (Å²) in [4.78, 5) is 14.4. The molecule has 0 spiro atoms. The van der Waals surface area contributed by atoms with E-state index in [-0.39, 0.29) is 17.1 Å². The number of carboxylic acid groups (broad SMARTS) is 1. The number of pyridine rings is 1. The van der Waals surface area contributed by atoms with E-state index in [0.29, 0.717) is 6.42 Å². The minimum absolute atomic E-state index is 0.00361. The van der Waals surface area contributed by atoms with Crippen LogP contribution in [0.1, 0.15) is 30.3 Å². The van der Waals surface area contributed by atoms with Crippen molar-refractivity contribution >= 4 is 21.7 Å². The minimum atomic E-state index is -3.51. The number of nitrogens with zero attached hydrogens (tertiary/aromatic N) is 1. The molecule has 0 saturated carbocycles. The first-order chi connectivity index (χ1) is 7.96. The molecule has 2 N–H and O–H groups in total. The maximum absolute atomic E-state index is 11.6. The van der Waals surface area contributed by atoms with Crippen molar-refractivity contribution in [2.75, 3.05) is 10.5 Å². The van der Waals surface area contributed by atoms with Gasteiger partial charge in [0.1, 0.15) is 0 Å². The molecule has 0 radical (unpaired) electrons. The van der Waals surface area contributed by atoms with Gasteiger partial charge in [-0.2, -0.15) is 0 Å². The Bertz CT molecular complexity index is 499. The molecule has 0 amide bonds. The number of sulfonamides is 1. The minimum Gasteiger partial charge on any atom is -0.476 e. The summed E-state index contributed by atoms with van der Waals surface area (Å²) in [5.74, 6) is -1.30. The van der Waals surface area contributed by atoms with Crippen LogP contribution in [0.2, 0.25) is 0 Å². The third-order valence-corrected chi connectivity index (χ3v) is 3.40. The standard InChI is InChI=1S/C10H14N2O4S/c1-2-3-7-17(15,16)12-8-5-4-6-11-9(8)10(13)14/h4-6,12H,2-3,7H2,1H3,(H,13,14). The highest BCUT2D eigenvalue weighted by Crippen LogP contribution is 2.14. The van der Waals surface area contributed by atoms with Crippen LogP contribution in [0.25, 0.3) is 0 Å². The van der Waals surface area contributed by atoms with Gasteiger partial charge in [-0.05, 0) is 18.6 Å². The topological polar surface area (TPSA) is 96.4 Å². The van der Waals surface area contributed by atoms with Crippen LogP contribution in [0.15, 0.2) is 18.3 Å². The van der Waals surface area contributed by atoms with Crippen molar-refractivity contribution in [3.63, 3.8) is 0 Å². The predicted molar refractivity (Wildman–Crippen MR) is 63.5 cm³/mol. The highest BCUT2D eigenvalue weighted by Gasteiger charge is 2.16. The normalized spacial score (nSPS) is 11.1. The van der Waals surface area contributed by atoms with Crippen LogP contribution in [0, 0.1) is 0 Å². The molecule has 0 aliphatic rings. The van der Waals surface area contributed by atoms with Crippen molar-refractivity contribution in [1.82, 2.24) is 4.98 Å². The van der Waals surface area contributed by atoms with E-state index in [0.717, 1.165) is 6.42 Å². The van der Waals surface area contributed by atoms with Crippen molar-refractivity contribution in [3.05, 3.63) is 24.0 Å². The number of hydrogen-bond acceptors (Lipinski definition) is 4. The van der Waals surface area contributed by atoms with Gasteiger partial charge >= 0.3 is 5.97 Å². The van der Waals surface area contributed by atoms with Crippen molar-refractivity contribution in [3.8, 4) is 0 Å². The van der Waals surface area contributed by atoms with Gasteiger partial charge < -0.3 is 5.11 Å². The van der Waals surface area contributed by atoms with Crippen LogP contribution in [0.3, 0.4) is 0 Å². The lowest BCUT2D eigenvalue weighted by Crippen LogP contribution is -2.19. The summed E-state index contributed by atoms with van der Waals surface area (Å²) in [6.45, 7) is 1.88. The average molecular weight is 258 g/mol. The molecular weight excluding hydrogens is 244 g/mol. The Morgan fingerprint density at radius 2 is 2.24 bits per heavy atom. The van der Waals surface area contributed by atoms with Crippen LogP contribution >= 0.6 is 0 Å². The summed E-state index contributed by atoms with van der Waals surface area (Å²) >= 11 is 0. The number of rotatable bonds is 6. The molecule has 17 heavy (non-hydrogen) atoms. The van der Waals surface area contributed by atoms with E-state index >= 15 is 0 Å². The molecular formula is C10H14N2O4S. The van der Waals surface area contributed by atoms with E-state index in [1.165, 1.54) is 18.3 Å². The Morgan fingerprint density at radius 3 is 2.82 bits per heavy atom. The number of carbonyl (C=O) groups is 1. The lowest BCUT2D eigenvalue weighted by Gasteiger charge is -2.08. The van der Waals surface area contributed by atoms with Crippen LogP contribution in [0.5, 0.6) is 0 Å². The molecule has 0 aliphatic heterocycles. The van der Waals surface area contributed by atoms with Crippen LogP contribution in [-0.4, -0.2) is 30.2 Å². The molecule has 0 saturated heterocycles. The summed E-state index contributed by atoms with van der Waals surface area (Å²) in [6.07, 6.45) is 2.57. The van der Waals surface area contributed by atoms with Gasteiger partial charge in [0, 0.05) is 6.20 Å². The molecule has 0 fully saturated rings. The van der Waals surface area contributed by atoms with Gasteiger partial charge in [-0.1, -0.05) is 13.3 Å². The molecule has 1 rings (SSSR count). The highest BCUT2D eigenvalue weighted by atomic mass is 32.2. The van der Waals surface area contributed by atoms with Gasteiger partial charge in [0.25, 0.3) is 0 Å². The lowest BCUT2D eigenvalue weighted by atomic mass is 10.3. The fraction of sp³-hybridized carbons (Fsp3) is 0.400. The monoisotopic (exact) mass is 258 g/mol. The number of anilines is 1. The zero-order chi connectivity index (χ0) is 12.9. The SMILES string of the molecule is CCCCS(=O)(=O)Nc1cccnc1C(=O)O. The van der Waals surface area contributed by atoms with Crippen molar-refractivity contribution in [2.24, 2.45) is 0 Å². The van der Waals surface area contributed by atoms with E-state index in [9.17, 15) is 13.2 Å². The van der Waals surface area contributed by atoms with Gasteiger partial charge in [-0.15, -0.1) is 0 Å². The van der Waals surface area contributed by atoms with Crippen LogP contribution in [-0.2, 0) is 10.0 Å². The summed E-state index contributed by atoms with van der Waals surface area (Å²) in [5, 5.41) is 8.84. The Kier molecular flexibility index (Phi) is 4.45. The highest BCUT2D eigenvalue weighted by molar-refractivity contribution is 7.92. The van der Waals surface area contributed by atoms with Crippen LogP contribution in [0.4, 0.5) is 5.69 Å². The van der Waals surface area contributed by atoms with Gasteiger partial charge in [0.05, 0.1) is 11.4 Å². The maximum Gasteiger partial charge on any atom is 0.356 e. The number of aromatic nitrogens is 1. The van der Waals surface area contributed by atoms with E-state index in [1.807, 2.05) is 6.92 Å². The zero-order valence-corrected chi connectivity index (χ0v) is 10.2. The van der Waals surface area contributed by atoms with E-state index < -0.39 is 16.0 Å². The first-order valence-electron chi connectivity index (χ1n) is 5.15. The average Bonchev–Trinajstić information content (AvgIpc) is 2.26. The third kappa shape index (κ3) is 4.03. The fourth-order valence-electron chi connectivity index (χ4n) is 1.21. The molecule has 1 heterocycles. The number of carboxylic acids is 1. The summed E-state index contributed by atoms with van der Waals surface area (Å²) in [6, 6.07) is 2.85. The second kappa shape index (κ2) is 5.62. The first kappa shape index (κ1) is 13.4. The Labute approximate surface area is 99.7 Å². The molecule has 0 bridgehead atoms. The van der Waals surface area contributed by atoms with E-state index in [4.69, 9.17) is 5.11 Å². The maximum atomic E-state index is 11.6. The largest absolute Gasteiger partial charge is 0.476 e. The van der Waals surface area contributed by atoms with Gasteiger partial charge in [-0.3, -0.25) is 4.72 Å². The summed E-state index contributed by atoms with van der Waals surface area (Å²) in [5.41, 5.74) is -0.302. The number of nitrogens with one attached hydrogen (secondary N) is 1. The molecule has 0 aromatic carbocycles. The Balaban J connectivity index is 2.92. The molecule has 0 aliphatic carbocycles. The van der Waals surface area contributed by atoms with Gasteiger partial charge in [0.15, 0.2) is 5.69 Å². The number of unbranched alkanes of at least 4 members (excludes halogenated alkanes) is 1. The van der Waals surface area contributed by atoms with Crippen LogP contribution < -0.4 is 4.72 Å². The molecule has 1 aromatic rings. The Hall–Kier alpha value is -1.63. The summed E-state index contributed by atoms with van der Waals surface area (Å²) < 4.78 is 25.4. The second-order valence-corrected chi connectivity index (χ2v) is 5.32. The summed E-state index contributed by atoms with van der Waals surface area (Å²) in [7, 11) is -3.51. The van der Waals surface area contributed by atoms with Crippen molar-refractivity contribution < 1.29 is 18.3 Å². The van der Waals surface area contributed by atoms with Crippen molar-refractivity contribution in [2.45, 2.75) is 19.8 Å². The molecule has 1 aromatic heterocycles. The van der Waals surface area contributed by atoms with E-state index in [1.54, 1.807) is 0 Å². The Morgan fingerprint density at radius 1 is 1.53 bits per heavy atom. The number of aromatic carboxylic acids is 1. The van der Waals surface area contributed by atoms with Gasteiger partial charge in [0.2, 0.25) is 10.0 Å². The van der Waals surface area contributed by atoms with Gasteiger partial charge in [-0.25, -0.2) is 18.2 Å². The fourth-order valence-corrected chi connectivity index (χ4v) is 2.48. The zero-order valence-electron chi connectivity index (χ0n) is 9.38. The quantitative estimate of drug-likeness (QED) is 0.802. The number of hydrogen-bond donors (Lipinski definition) is 2. The molecule has 6 nitrogen and oxygen atoms in total. The second-order valence-electron chi connectivity index (χ2n) is 3.48. The predicted octanol–water partition coefficient (Wildman–Crippen LogP) is 1.32. The molecule has 0 atom stereocenters. The molecule has 0 unspecified atom stereocenters. The van der Waals surface area contributed by atoms with E-state index in [2.05, 4.69) is 9.71 Å². The lowest BCUT2D eigenvalue weighted by molar-refractivity contribution is 0.0692. The smallest absolute Gasteiger partial charge is 0.356 e. The first-order valence-corrected chi connectivity index (χ1v) is 6.80.